The SMILES string of the molecule is CCn1cc(CO)c(-c2cccnc2)n1. The van der Waals surface area contributed by atoms with E-state index in [1.165, 1.54) is 0 Å². The largest absolute Gasteiger partial charge is 0.392 e. The van der Waals surface area contributed by atoms with E-state index in [0.717, 1.165) is 23.4 Å². The summed E-state index contributed by atoms with van der Waals surface area (Å²) in [4.78, 5) is 4.04. The van der Waals surface area contributed by atoms with Crippen LogP contribution in [0.3, 0.4) is 0 Å². The molecule has 0 bridgehead atoms. The zero-order chi connectivity index (χ0) is 10.7. The maximum atomic E-state index is 9.21. The fourth-order valence-corrected chi connectivity index (χ4v) is 1.49. The Morgan fingerprint density at radius 2 is 2.33 bits per heavy atom. The summed E-state index contributed by atoms with van der Waals surface area (Å²) < 4.78 is 1.81. The van der Waals surface area contributed by atoms with E-state index in [-0.39, 0.29) is 6.61 Å². The Hall–Kier alpha value is -1.68. The number of aromatic nitrogens is 3. The molecular formula is C11H13N3O. The molecule has 0 saturated heterocycles. The van der Waals surface area contributed by atoms with E-state index >= 15 is 0 Å². The van der Waals surface area contributed by atoms with E-state index in [1.54, 1.807) is 12.4 Å². The summed E-state index contributed by atoms with van der Waals surface area (Å²) in [7, 11) is 0. The third-order valence-corrected chi connectivity index (χ3v) is 2.27. The summed E-state index contributed by atoms with van der Waals surface area (Å²) in [5.74, 6) is 0. The highest BCUT2D eigenvalue weighted by molar-refractivity contribution is 5.61. The fraction of sp³-hybridized carbons (Fsp3) is 0.273. The molecule has 2 rings (SSSR count). The van der Waals surface area contributed by atoms with Gasteiger partial charge in [0.2, 0.25) is 0 Å². The maximum Gasteiger partial charge on any atom is 0.0993 e. The Kier molecular flexibility index (Phi) is 2.78. The summed E-state index contributed by atoms with van der Waals surface area (Å²) >= 11 is 0. The van der Waals surface area contributed by atoms with Crippen molar-refractivity contribution in [2.75, 3.05) is 0 Å². The Bertz CT molecular complexity index is 436. The fourth-order valence-electron chi connectivity index (χ4n) is 1.49. The first-order valence-electron chi connectivity index (χ1n) is 4.92. The van der Waals surface area contributed by atoms with Crippen LogP contribution in [0.5, 0.6) is 0 Å². The molecule has 2 aromatic rings. The van der Waals surface area contributed by atoms with Gasteiger partial charge in [0.1, 0.15) is 0 Å². The molecule has 4 heteroatoms. The average molecular weight is 203 g/mol. The minimum Gasteiger partial charge on any atom is -0.392 e. The van der Waals surface area contributed by atoms with E-state index in [4.69, 9.17) is 0 Å². The van der Waals surface area contributed by atoms with Crippen LogP contribution in [0, 0.1) is 0 Å². The predicted molar refractivity (Wildman–Crippen MR) is 57.1 cm³/mol. The monoisotopic (exact) mass is 203 g/mol. The van der Waals surface area contributed by atoms with Crippen LogP contribution in [0.4, 0.5) is 0 Å². The molecule has 0 aliphatic carbocycles. The van der Waals surface area contributed by atoms with Gasteiger partial charge in [0.25, 0.3) is 0 Å². The first-order valence-corrected chi connectivity index (χ1v) is 4.92. The Morgan fingerprint density at radius 1 is 1.47 bits per heavy atom. The van der Waals surface area contributed by atoms with Gasteiger partial charge in [-0.1, -0.05) is 0 Å². The minimum absolute atomic E-state index is 0.00419. The van der Waals surface area contributed by atoms with Crippen molar-refractivity contribution in [3.63, 3.8) is 0 Å². The lowest BCUT2D eigenvalue weighted by molar-refractivity contribution is 0.282. The van der Waals surface area contributed by atoms with Crippen molar-refractivity contribution < 1.29 is 5.11 Å². The van der Waals surface area contributed by atoms with Crippen molar-refractivity contribution in [2.24, 2.45) is 0 Å². The van der Waals surface area contributed by atoms with Gasteiger partial charge < -0.3 is 5.11 Å². The van der Waals surface area contributed by atoms with E-state index in [0.29, 0.717) is 0 Å². The van der Waals surface area contributed by atoms with Crippen molar-refractivity contribution in [3.8, 4) is 11.3 Å². The number of aryl methyl sites for hydroxylation is 1. The maximum absolute atomic E-state index is 9.21. The predicted octanol–water partition coefficient (Wildman–Crippen LogP) is 1.46. The zero-order valence-electron chi connectivity index (χ0n) is 8.59. The summed E-state index contributed by atoms with van der Waals surface area (Å²) in [5, 5.41) is 13.6. The summed E-state index contributed by atoms with van der Waals surface area (Å²) in [6.07, 6.45) is 5.34. The number of pyridine rings is 1. The molecule has 0 spiro atoms. The van der Waals surface area contributed by atoms with E-state index in [9.17, 15) is 5.11 Å². The van der Waals surface area contributed by atoms with E-state index in [1.807, 2.05) is 29.9 Å². The number of hydrogen-bond donors (Lipinski definition) is 1. The minimum atomic E-state index is 0.00419. The summed E-state index contributed by atoms with van der Waals surface area (Å²) in [6.45, 7) is 2.82. The number of rotatable bonds is 3. The second kappa shape index (κ2) is 4.23. The molecular weight excluding hydrogens is 190 g/mol. The molecule has 0 aliphatic heterocycles. The van der Waals surface area contributed by atoms with Crippen molar-refractivity contribution in [1.82, 2.24) is 14.8 Å². The molecule has 0 aromatic carbocycles. The number of nitrogens with zero attached hydrogens (tertiary/aromatic N) is 3. The molecule has 0 aliphatic rings. The van der Waals surface area contributed by atoms with Gasteiger partial charge in [0.15, 0.2) is 0 Å². The molecule has 0 unspecified atom stereocenters. The van der Waals surface area contributed by atoms with Crippen LogP contribution in [0.15, 0.2) is 30.7 Å². The lowest BCUT2D eigenvalue weighted by Crippen LogP contribution is -1.93. The second-order valence-electron chi connectivity index (χ2n) is 3.26. The Labute approximate surface area is 88.2 Å². The highest BCUT2D eigenvalue weighted by atomic mass is 16.3. The lowest BCUT2D eigenvalue weighted by atomic mass is 10.1. The second-order valence-corrected chi connectivity index (χ2v) is 3.26. The quantitative estimate of drug-likeness (QED) is 0.821. The molecule has 0 fully saturated rings. The van der Waals surface area contributed by atoms with Gasteiger partial charge in [-0.3, -0.25) is 9.67 Å². The van der Waals surface area contributed by atoms with Crippen molar-refractivity contribution in [1.29, 1.82) is 0 Å². The van der Waals surface area contributed by atoms with Crippen LogP contribution >= 0.6 is 0 Å². The normalized spacial score (nSPS) is 10.5. The molecule has 15 heavy (non-hydrogen) atoms. The molecule has 0 radical (unpaired) electrons. The van der Waals surface area contributed by atoms with Gasteiger partial charge in [-0.05, 0) is 19.1 Å². The first-order chi connectivity index (χ1) is 7.35. The number of hydrogen-bond acceptors (Lipinski definition) is 3. The lowest BCUT2D eigenvalue weighted by Gasteiger charge is -1.97. The molecule has 78 valence electrons. The van der Waals surface area contributed by atoms with Crippen molar-refractivity contribution in [3.05, 3.63) is 36.3 Å². The van der Waals surface area contributed by atoms with E-state index < -0.39 is 0 Å². The number of aliphatic hydroxyl groups excluding tert-OH is 1. The summed E-state index contributed by atoms with van der Waals surface area (Å²) in [6, 6.07) is 3.80. The van der Waals surface area contributed by atoms with Gasteiger partial charge in [0.05, 0.1) is 12.3 Å². The Morgan fingerprint density at radius 3 is 2.93 bits per heavy atom. The van der Waals surface area contributed by atoms with E-state index in [2.05, 4.69) is 10.1 Å². The smallest absolute Gasteiger partial charge is 0.0993 e. The van der Waals surface area contributed by atoms with Crippen molar-refractivity contribution >= 4 is 0 Å². The van der Waals surface area contributed by atoms with Crippen LogP contribution in [-0.4, -0.2) is 19.9 Å². The molecule has 0 saturated carbocycles. The Balaban J connectivity index is 2.47. The first kappa shape index (κ1) is 9.86. The zero-order valence-corrected chi connectivity index (χ0v) is 8.59. The van der Waals surface area contributed by atoms with Crippen molar-refractivity contribution in [2.45, 2.75) is 20.1 Å². The molecule has 0 amide bonds. The highest BCUT2D eigenvalue weighted by Gasteiger charge is 2.09. The van der Waals surface area contributed by atoms with Gasteiger partial charge in [0, 0.05) is 36.3 Å². The third-order valence-electron chi connectivity index (χ3n) is 2.27. The standard InChI is InChI=1S/C11H13N3O/c1-2-14-7-10(8-15)11(13-14)9-4-3-5-12-6-9/h3-7,15H,2,8H2,1H3. The van der Waals surface area contributed by atoms with Gasteiger partial charge in [-0.15, -0.1) is 0 Å². The van der Waals surface area contributed by atoms with Crippen LogP contribution < -0.4 is 0 Å². The topological polar surface area (TPSA) is 50.9 Å². The number of aliphatic hydroxyl groups is 1. The van der Waals surface area contributed by atoms with Gasteiger partial charge in [-0.2, -0.15) is 5.10 Å². The van der Waals surface area contributed by atoms with Gasteiger partial charge in [-0.25, -0.2) is 0 Å². The van der Waals surface area contributed by atoms with Crippen LogP contribution in [0.25, 0.3) is 11.3 Å². The molecule has 0 atom stereocenters. The average Bonchev–Trinajstić information content (AvgIpc) is 2.73. The highest BCUT2D eigenvalue weighted by Crippen LogP contribution is 2.20. The van der Waals surface area contributed by atoms with Crippen LogP contribution in [0.2, 0.25) is 0 Å². The van der Waals surface area contributed by atoms with Gasteiger partial charge >= 0.3 is 0 Å². The molecule has 1 N–H and O–H groups in total. The molecule has 2 heterocycles. The van der Waals surface area contributed by atoms with Crippen LogP contribution in [0.1, 0.15) is 12.5 Å². The van der Waals surface area contributed by atoms with Crippen LogP contribution in [-0.2, 0) is 13.2 Å². The molecule has 4 nitrogen and oxygen atoms in total. The summed E-state index contributed by atoms with van der Waals surface area (Å²) in [5.41, 5.74) is 2.59. The molecule has 2 aromatic heterocycles. The third kappa shape index (κ3) is 1.89.